The van der Waals surface area contributed by atoms with Gasteiger partial charge in [-0.3, -0.25) is 9.97 Å². The Morgan fingerprint density at radius 2 is 0.979 bits per heavy atom. The zero-order chi connectivity index (χ0) is 32.5. The van der Waals surface area contributed by atoms with Crippen LogP contribution >= 0.6 is 0 Å². The van der Waals surface area contributed by atoms with Crippen molar-refractivity contribution in [1.29, 1.82) is 5.26 Å². The van der Waals surface area contributed by atoms with E-state index in [0.29, 0.717) is 11.3 Å². The minimum absolute atomic E-state index is 0.575. The van der Waals surface area contributed by atoms with Gasteiger partial charge in [-0.2, -0.15) is 5.26 Å². The van der Waals surface area contributed by atoms with Crippen LogP contribution in [0.15, 0.2) is 158 Å². The Morgan fingerprint density at radius 3 is 1.60 bits per heavy atom. The van der Waals surface area contributed by atoms with Crippen LogP contribution in [0.2, 0.25) is 0 Å². The van der Waals surface area contributed by atoms with E-state index in [0.717, 1.165) is 60.9 Å². The van der Waals surface area contributed by atoms with Gasteiger partial charge in [0, 0.05) is 18.0 Å². The molecule has 0 atom stereocenters. The number of aromatic nitrogens is 2. The number of nitriles is 1. The number of nitrogens with zero attached hydrogens (tertiary/aromatic N) is 4. The molecule has 48 heavy (non-hydrogen) atoms. The topological polar surface area (TPSA) is 53.9 Å². The molecule has 0 bridgehead atoms. The van der Waals surface area contributed by atoms with E-state index in [1.807, 2.05) is 18.2 Å². The molecule has 0 aliphatic heterocycles. The van der Waals surface area contributed by atoms with Crippen LogP contribution in [0.3, 0.4) is 0 Å². The lowest BCUT2D eigenvalue weighted by Gasteiger charge is -2.19. The first-order chi connectivity index (χ1) is 23.7. The molecule has 0 amide bonds. The molecule has 0 unspecified atom stereocenters. The summed E-state index contributed by atoms with van der Waals surface area (Å²) < 4.78 is 0. The summed E-state index contributed by atoms with van der Waals surface area (Å²) in [6.45, 7) is 7.40. The first kappa shape index (κ1) is 28.6. The van der Waals surface area contributed by atoms with Crippen LogP contribution in [0.25, 0.3) is 82.3 Å². The van der Waals surface area contributed by atoms with E-state index in [1.165, 1.54) is 16.5 Å². The lowest BCUT2D eigenvalue weighted by atomic mass is 9.84. The highest BCUT2D eigenvalue weighted by Crippen LogP contribution is 2.45. The summed E-state index contributed by atoms with van der Waals surface area (Å²) in [6, 6.07) is 52.2. The fraction of sp³-hybridized carbons (Fsp3) is 0. The van der Waals surface area contributed by atoms with E-state index in [-0.39, 0.29) is 0 Å². The smallest absolute Gasteiger partial charge is 0.190 e. The number of hydrogen-bond acceptors (Lipinski definition) is 3. The first-order valence-corrected chi connectivity index (χ1v) is 15.7. The van der Waals surface area contributed by atoms with E-state index in [9.17, 15) is 5.26 Å². The van der Waals surface area contributed by atoms with Crippen LogP contribution in [-0.4, -0.2) is 9.97 Å². The molecule has 0 N–H and O–H groups in total. The fourth-order valence-corrected chi connectivity index (χ4v) is 6.53. The molecule has 0 radical (unpaired) electrons. The quantitative estimate of drug-likeness (QED) is 0.144. The first-order valence-electron chi connectivity index (χ1n) is 15.7. The zero-order valence-corrected chi connectivity index (χ0v) is 25.8. The molecule has 8 rings (SSSR count). The molecular formula is C44H26N4. The van der Waals surface area contributed by atoms with Gasteiger partial charge in [-0.05, 0) is 90.8 Å². The normalized spacial score (nSPS) is 10.9. The van der Waals surface area contributed by atoms with Crippen molar-refractivity contribution in [2.75, 3.05) is 0 Å². The Kier molecular flexibility index (Phi) is 7.23. The van der Waals surface area contributed by atoms with Crippen LogP contribution in [0, 0.1) is 17.9 Å². The van der Waals surface area contributed by atoms with Gasteiger partial charge in [-0.1, -0.05) is 115 Å². The SMILES string of the molecule is [C-]#[N+]c1ccnc(-c2ccc(-c3c4ccccc4c(-c4ccc(-c5cc(C#N)ccn5)cc4)c4cc(-c5ccccc5)ccc34)cc2)c1. The minimum Gasteiger partial charge on any atom is -0.259 e. The molecule has 0 aliphatic rings. The maximum absolute atomic E-state index is 9.41. The van der Waals surface area contributed by atoms with Crippen molar-refractivity contribution in [2.45, 2.75) is 0 Å². The highest BCUT2D eigenvalue weighted by molar-refractivity contribution is 6.22. The molecule has 0 aliphatic carbocycles. The van der Waals surface area contributed by atoms with Gasteiger partial charge in [0.15, 0.2) is 5.69 Å². The predicted octanol–water partition coefficient (Wildman–Crippen LogP) is 11.5. The number of rotatable bonds is 5. The lowest BCUT2D eigenvalue weighted by molar-refractivity contribution is 1.31. The van der Waals surface area contributed by atoms with Crippen LogP contribution in [0.4, 0.5) is 5.69 Å². The predicted molar refractivity (Wildman–Crippen MR) is 195 cm³/mol. The summed E-state index contributed by atoms with van der Waals surface area (Å²) in [5.41, 5.74) is 11.5. The van der Waals surface area contributed by atoms with Crippen molar-refractivity contribution in [2.24, 2.45) is 0 Å². The largest absolute Gasteiger partial charge is 0.259 e. The number of pyridine rings is 2. The molecule has 0 saturated carbocycles. The van der Waals surface area contributed by atoms with Crippen molar-refractivity contribution < 1.29 is 0 Å². The van der Waals surface area contributed by atoms with Gasteiger partial charge in [0.05, 0.1) is 29.6 Å². The van der Waals surface area contributed by atoms with E-state index in [1.54, 1.807) is 24.5 Å². The average molecular weight is 611 g/mol. The van der Waals surface area contributed by atoms with Crippen LogP contribution in [0.1, 0.15) is 5.56 Å². The number of benzene rings is 6. The molecule has 4 heteroatoms. The summed E-state index contributed by atoms with van der Waals surface area (Å²) in [5.74, 6) is 0. The third-order valence-electron chi connectivity index (χ3n) is 8.83. The molecule has 0 spiro atoms. The molecule has 2 aromatic heterocycles. The Morgan fingerprint density at radius 1 is 0.458 bits per heavy atom. The molecule has 2 heterocycles. The van der Waals surface area contributed by atoms with E-state index in [2.05, 4.69) is 136 Å². The summed E-state index contributed by atoms with van der Waals surface area (Å²) in [4.78, 5) is 12.6. The lowest BCUT2D eigenvalue weighted by Crippen LogP contribution is -1.92. The average Bonchev–Trinajstić information content (AvgIpc) is 3.17. The van der Waals surface area contributed by atoms with Crippen molar-refractivity contribution >= 4 is 27.2 Å². The van der Waals surface area contributed by atoms with Gasteiger partial charge < -0.3 is 0 Å². The zero-order valence-electron chi connectivity index (χ0n) is 25.8. The molecule has 0 fully saturated rings. The third-order valence-corrected chi connectivity index (χ3v) is 8.83. The summed E-state index contributed by atoms with van der Waals surface area (Å²) in [6.07, 6.45) is 3.37. The summed E-state index contributed by atoms with van der Waals surface area (Å²) in [5, 5.41) is 14.1. The highest BCUT2D eigenvalue weighted by Gasteiger charge is 2.18. The van der Waals surface area contributed by atoms with Crippen molar-refractivity contribution in [3.05, 3.63) is 175 Å². The van der Waals surface area contributed by atoms with Crippen molar-refractivity contribution in [1.82, 2.24) is 9.97 Å². The molecular weight excluding hydrogens is 585 g/mol. The number of fused-ring (bicyclic) bond motifs is 2. The Labute approximate surface area is 278 Å². The molecule has 222 valence electrons. The second kappa shape index (κ2) is 12.1. The highest BCUT2D eigenvalue weighted by atomic mass is 14.7. The van der Waals surface area contributed by atoms with Crippen molar-refractivity contribution in [3.8, 4) is 62.0 Å². The van der Waals surface area contributed by atoms with Gasteiger partial charge in [0.2, 0.25) is 0 Å². The van der Waals surface area contributed by atoms with Gasteiger partial charge >= 0.3 is 0 Å². The molecule has 0 saturated heterocycles. The maximum Gasteiger partial charge on any atom is 0.190 e. The standard InChI is InChI=1S/C44H26N4/c1-46-36-22-24-48-42(27-36)32-13-15-33(16-14-32)43-37-9-5-6-10-38(37)44(40-26-35(19-20-39(40)43)30-7-3-2-4-8-30)34-17-11-31(12-18-34)41-25-29(28-45)21-23-47-41/h2-27H. The Hall–Kier alpha value is -6.88. The minimum atomic E-state index is 0.575. The summed E-state index contributed by atoms with van der Waals surface area (Å²) in [7, 11) is 0. The molecule has 4 nitrogen and oxygen atoms in total. The Balaban J connectivity index is 1.35. The fourth-order valence-electron chi connectivity index (χ4n) is 6.53. The van der Waals surface area contributed by atoms with Gasteiger partial charge in [0.1, 0.15) is 0 Å². The molecule has 8 aromatic rings. The van der Waals surface area contributed by atoms with Gasteiger partial charge in [-0.25, -0.2) is 4.85 Å². The van der Waals surface area contributed by atoms with E-state index >= 15 is 0 Å². The van der Waals surface area contributed by atoms with Crippen LogP contribution in [0.5, 0.6) is 0 Å². The van der Waals surface area contributed by atoms with Crippen molar-refractivity contribution in [3.63, 3.8) is 0 Å². The second-order valence-corrected chi connectivity index (χ2v) is 11.6. The summed E-state index contributed by atoms with van der Waals surface area (Å²) >= 11 is 0. The monoisotopic (exact) mass is 610 g/mol. The van der Waals surface area contributed by atoms with E-state index in [4.69, 9.17) is 6.57 Å². The van der Waals surface area contributed by atoms with Crippen LogP contribution < -0.4 is 0 Å². The Bertz CT molecular complexity index is 2560. The third kappa shape index (κ3) is 5.14. The second-order valence-electron chi connectivity index (χ2n) is 11.6. The van der Waals surface area contributed by atoms with Crippen LogP contribution in [-0.2, 0) is 0 Å². The number of hydrogen-bond donors (Lipinski definition) is 0. The van der Waals surface area contributed by atoms with E-state index < -0.39 is 0 Å². The molecule has 6 aromatic carbocycles. The maximum atomic E-state index is 9.41. The van der Waals surface area contributed by atoms with Gasteiger partial charge in [0.25, 0.3) is 0 Å². The van der Waals surface area contributed by atoms with Gasteiger partial charge in [-0.15, -0.1) is 0 Å².